The number of rotatable bonds is 2. The Morgan fingerprint density at radius 1 is 0.882 bits per heavy atom. The van der Waals surface area contributed by atoms with E-state index >= 15 is 0 Å². The van der Waals surface area contributed by atoms with Gasteiger partial charge in [0.1, 0.15) is 0 Å². The maximum atomic E-state index is 5.96. The van der Waals surface area contributed by atoms with Gasteiger partial charge in [0.15, 0.2) is 0 Å². The number of ether oxygens (including phenoxy) is 2. The first kappa shape index (κ1) is 11.7. The zero-order valence-electron chi connectivity index (χ0n) is 10.5. The number of hydrogen-bond acceptors (Lipinski definition) is 3. The maximum absolute atomic E-state index is 5.96. The molecule has 2 saturated heterocycles. The van der Waals surface area contributed by atoms with Crippen LogP contribution in [0.2, 0.25) is 0 Å². The van der Waals surface area contributed by atoms with Crippen molar-refractivity contribution in [1.29, 1.82) is 0 Å². The molecule has 0 aromatic rings. The summed E-state index contributed by atoms with van der Waals surface area (Å²) in [4.78, 5) is 4.49. The SMILES string of the molecule is C1=NCCC(C2CCCO2)C1C1CCCCO1. The summed E-state index contributed by atoms with van der Waals surface area (Å²) >= 11 is 0. The summed E-state index contributed by atoms with van der Waals surface area (Å²) in [5.41, 5.74) is 0. The molecule has 3 aliphatic heterocycles. The number of nitrogens with zero attached hydrogens (tertiary/aromatic N) is 1. The van der Waals surface area contributed by atoms with Crippen molar-refractivity contribution in [2.24, 2.45) is 16.8 Å². The van der Waals surface area contributed by atoms with Crippen LogP contribution in [0.1, 0.15) is 38.5 Å². The molecule has 3 heterocycles. The molecule has 4 atom stereocenters. The van der Waals surface area contributed by atoms with Crippen molar-refractivity contribution in [3.63, 3.8) is 0 Å². The third kappa shape index (κ3) is 2.55. The van der Waals surface area contributed by atoms with E-state index in [2.05, 4.69) is 11.2 Å². The van der Waals surface area contributed by atoms with E-state index in [1.54, 1.807) is 0 Å². The summed E-state index contributed by atoms with van der Waals surface area (Å²) in [7, 11) is 0. The fraction of sp³-hybridized carbons (Fsp3) is 0.929. The van der Waals surface area contributed by atoms with Crippen molar-refractivity contribution in [1.82, 2.24) is 0 Å². The molecule has 0 radical (unpaired) electrons. The topological polar surface area (TPSA) is 30.8 Å². The Kier molecular flexibility index (Phi) is 3.77. The minimum atomic E-state index is 0.405. The minimum absolute atomic E-state index is 0.405. The standard InChI is InChI=1S/C14H23NO2/c1-2-8-16-14(4-1)12-10-15-7-6-11(12)13-5-3-9-17-13/h10-14H,1-9H2. The van der Waals surface area contributed by atoms with Crippen LogP contribution >= 0.6 is 0 Å². The van der Waals surface area contributed by atoms with Crippen molar-refractivity contribution in [3.8, 4) is 0 Å². The molecule has 0 N–H and O–H groups in total. The monoisotopic (exact) mass is 237 g/mol. The van der Waals surface area contributed by atoms with Gasteiger partial charge in [0.05, 0.1) is 12.2 Å². The van der Waals surface area contributed by atoms with Crippen molar-refractivity contribution >= 4 is 6.21 Å². The van der Waals surface area contributed by atoms with E-state index in [9.17, 15) is 0 Å². The van der Waals surface area contributed by atoms with Crippen LogP contribution in [0.4, 0.5) is 0 Å². The third-order valence-corrected chi connectivity index (χ3v) is 4.45. The zero-order chi connectivity index (χ0) is 11.5. The molecule has 0 aliphatic carbocycles. The summed E-state index contributed by atoms with van der Waals surface area (Å²) in [6.45, 7) is 2.87. The van der Waals surface area contributed by atoms with Crippen LogP contribution in [-0.2, 0) is 9.47 Å². The quantitative estimate of drug-likeness (QED) is 0.738. The first-order valence-electron chi connectivity index (χ1n) is 7.18. The maximum Gasteiger partial charge on any atom is 0.0656 e. The molecule has 2 fully saturated rings. The molecule has 0 saturated carbocycles. The van der Waals surface area contributed by atoms with Crippen molar-refractivity contribution in [2.75, 3.05) is 19.8 Å². The van der Waals surface area contributed by atoms with Gasteiger partial charge in [-0.3, -0.25) is 4.99 Å². The van der Waals surface area contributed by atoms with Gasteiger partial charge in [-0.05, 0) is 44.4 Å². The largest absolute Gasteiger partial charge is 0.378 e. The highest BCUT2D eigenvalue weighted by molar-refractivity contribution is 5.63. The van der Waals surface area contributed by atoms with E-state index < -0.39 is 0 Å². The van der Waals surface area contributed by atoms with Crippen LogP contribution < -0.4 is 0 Å². The molecule has 3 aliphatic rings. The second-order valence-electron chi connectivity index (χ2n) is 5.54. The predicted octanol–water partition coefficient (Wildman–Crippen LogP) is 2.44. The normalized spacial score (nSPS) is 42.8. The van der Waals surface area contributed by atoms with Crippen LogP contribution in [0.15, 0.2) is 4.99 Å². The fourth-order valence-corrected chi connectivity index (χ4v) is 3.54. The third-order valence-electron chi connectivity index (χ3n) is 4.45. The Morgan fingerprint density at radius 2 is 1.71 bits per heavy atom. The Bertz CT molecular complexity index is 267. The van der Waals surface area contributed by atoms with E-state index in [4.69, 9.17) is 9.47 Å². The summed E-state index contributed by atoms with van der Waals surface area (Å²) in [5.74, 6) is 1.16. The molecule has 96 valence electrons. The lowest BCUT2D eigenvalue weighted by Gasteiger charge is -2.37. The molecule has 0 aromatic heterocycles. The lowest BCUT2D eigenvalue weighted by molar-refractivity contribution is -0.0441. The van der Waals surface area contributed by atoms with E-state index in [0.29, 0.717) is 24.0 Å². The molecule has 0 amide bonds. The van der Waals surface area contributed by atoms with Crippen molar-refractivity contribution in [2.45, 2.75) is 50.7 Å². The first-order valence-corrected chi connectivity index (χ1v) is 7.18. The van der Waals surface area contributed by atoms with Crippen LogP contribution in [0.25, 0.3) is 0 Å². The molecule has 0 bridgehead atoms. The van der Waals surface area contributed by atoms with Gasteiger partial charge >= 0.3 is 0 Å². The Morgan fingerprint density at radius 3 is 2.47 bits per heavy atom. The molecule has 3 rings (SSSR count). The van der Waals surface area contributed by atoms with Gasteiger partial charge in [-0.15, -0.1) is 0 Å². The number of aliphatic imine (C=N–C) groups is 1. The Hall–Kier alpha value is -0.410. The van der Waals surface area contributed by atoms with E-state index in [1.807, 2.05) is 0 Å². The summed E-state index contributed by atoms with van der Waals surface area (Å²) < 4.78 is 11.9. The van der Waals surface area contributed by atoms with Gasteiger partial charge in [-0.1, -0.05) is 0 Å². The zero-order valence-corrected chi connectivity index (χ0v) is 10.5. The molecule has 3 heteroatoms. The Balaban J connectivity index is 1.69. The fourth-order valence-electron chi connectivity index (χ4n) is 3.54. The summed E-state index contributed by atoms with van der Waals surface area (Å²) in [6.07, 6.45) is 10.5. The van der Waals surface area contributed by atoms with Crippen molar-refractivity contribution < 1.29 is 9.47 Å². The smallest absolute Gasteiger partial charge is 0.0656 e. The van der Waals surface area contributed by atoms with Gasteiger partial charge in [0.2, 0.25) is 0 Å². The molecule has 3 nitrogen and oxygen atoms in total. The highest BCUT2D eigenvalue weighted by Crippen LogP contribution is 2.35. The number of hydrogen-bond donors (Lipinski definition) is 0. The average molecular weight is 237 g/mol. The lowest BCUT2D eigenvalue weighted by Crippen LogP contribution is -2.41. The molecule has 4 unspecified atom stereocenters. The highest BCUT2D eigenvalue weighted by Gasteiger charge is 2.38. The van der Waals surface area contributed by atoms with Crippen molar-refractivity contribution in [3.05, 3.63) is 0 Å². The predicted molar refractivity (Wildman–Crippen MR) is 67.5 cm³/mol. The lowest BCUT2D eigenvalue weighted by atomic mass is 9.78. The summed E-state index contributed by atoms with van der Waals surface area (Å²) in [5, 5.41) is 0. The second kappa shape index (κ2) is 5.49. The van der Waals surface area contributed by atoms with Gasteiger partial charge in [-0.2, -0.15) is 0 Å². The molecular formula is C14H23NO2. The molecule has 0 spiro atoms. The van der Waals surface area contributed by atoms with Gasteiger partial charge in [0.25, 0.3) is 0 Å². The van der Waals surface area contributed by atoms with Gasteiger partial charge < -0.3 is 9.47 Å². The Labute approximate surface area is 104 Å². The summed E-state index contributed by atoms with van der Waals surface area (Å²) in [6, 6.07) is 0. The molecule has 17 heavy (non-hydrogen) atoms. The van der Waals surface area contributed by atoms with E-state index in [1.165, 1.54) is 38.5 Å². The van der Waals surface area contributed by atoms with Crippen LogP contribution in [-0.4, -0.2) is 38.2 Å². The molecule has 0 aromatic carbocycles. The van der Waals surface area contributed by atoms with Crippen LogP contribution in [0.3, 0.4) is 0 Å². The van der Waals surface area contributed by atoms with E-state index in [0.717, 1.165) is 19.8 Å². The minimum Gasteiger partial charge on any atom is -0.378 e. The van der Waals surface area contributed by atoms with E-state index in [-0.39, 0.29) is 0 Å². The van der Waals surface area contributed by atoms with Crippen LogP contribution in [0.5, 0.6) is 0 Å². The van der Waals surface area contributed by atoms with Gasteiger partial charge in [0, 0.05) is 31.9 Å². The molecular weight excluding hydrogens is 214 g/mol. The average Bonchev–Trinajstić information content (AvgIpc) is 2.94. The highest BCUT2D eigenvalue weighted by atomic mass is 16.5. The second-order valence-corrected chi connectivity index (χ2v) is 5.54. The first-order chi connectivity index (χ1) is 8.45. The van der Waals surface area contributed by atoms with Gasteiger partial charge in [-0.25, -0.2) is 0 Å². The van der Waals surface area contributed by atoms with Crippen LogP contribution in [0, 0.1) is 11.8 Å².